The molecule has 0 bridgehead atoms. The molecule has 1 saturated carbocycles. The largest absolute Gasteiger partial charge is 0.494 e. The van der Waals surface area contributed by atoms with Gasteiger partial charge >= 0.3 is 0 Å². The number of nitrogens with zero attached hydrogens (tertiary/aromatic N) is 2. The minimum atomic E-state index is 0.0242. The van der Waals surface area contributed by atoms with Gasteiger partial charge in [-0.2, -0.15) is 0 Å². The molecule has 27 heavy (non-hydrogen) atoms. The SMILES string of the molecule is CCCOc1ccc(C(=O)NCC2(N3CCN(C)CC3)CCCCC2)cc1. The van der Waals surface area contributed by atoms with Gasteiger partial charge in [-0.15, -0.1) is 0 Å². The highest BCUT2D eigenvalue weighted by molar-refractivity contribution is 5.94. The van der Waals surface area contributed by atoms with E-state index in [1.54, 1.807) is 0 Å². The summed E-state index contributed by atoms with van der Waals surface area (Å²) in [5.74, 6) is 0.853. The fourth-order valence-electron chi connectivity index (χ4n) is 4.36. The van der Waals surface area contributed by atoms with Crippen LogP contribution in [0.5, 0.6) is 5.75 Å². The summed E-state index contributed by atoms with van der Waals surface area (Å²) >= 11 is 0. The van der Waals surface area contributed by atoms with E-state index in [-0.39, 0.29) is 11.4 Å². The van der Waals surface area contributed by atoms with Crippen LogP contribution in [0.25, 0.3) is 0 Å². The van der Waals surface area contributed by atoms with Gasteiger partial charge in [-0.3, -0.25) is 9.69 Å². The second-order valence-corrected chi connectivity index (χ2v) is 8.13. The maximum Gasteiger partial charge on any atom is 0.251 e. The van der Waals surface area contributed by atoms with Crippen LogP contribution in [0.15, 0.2) is 24.3 Å². The Morgan fingerprint density at radius 3 is 2.37 bits per heavy atom. The van der Waals surface area contributed by atoms with E-state index in [0.717, 1.165) is 44.9 Å². The van der Waals surface area contributed by atoms with Crippen LogP contribution in [0, 0.1) is 0 Å². The molecule has 150 valence electrons. The number of piperazine rings is 1. The summed E-state index contributed by atoms with van der Waals surface area (Å²) in [5, 5.41) is 3.25. The zero-order chi connectivity index (χ0) is 19.1. The van der Waals surface area contributed by atoms with Gasteiger partial charge < -0.3 is 15.0 Å². The van der Waals surface area contributed by atoms with Crippen LogP contribution in [-0.4, -0.2) is 67.6 Å². The molecule has 1 amide bonds. The molecule has 0 atom stereocenters. The van der Waals surface area contributed by atoms with E-state index in [0.29, 0.717) is 12.2 Å². The molecule has 0 radical (unpaired) electrons. The van der Waals surface area contributed by atoms with Crippen LogP contribution in [0.4, 0.5) is 0 Å². The Morgan fingerprint density at radius 1 is 1.07 bits per heavy atom. The normalized spacial score (nSPS) is 21.0. The number of benzene rings is 1. The molecular weight excluding hydrogens is 338 g/mol. The first-order valence-electron chi connectivity index (χ1n) is 10.6. The standard InChI is InChI=1S/C22H35N3O2/c1-3-17-27-20-9-7-19(8-10-20)21(26)23-18-22(11-5-4-6-12-22)25-15-13-24(2)14-16-25/h7-10H,3-6,11-18H2,1-2H3,(H,23,26). The Balaban J connectivity index is 1.60. The van der Waals surface area contributed by atoms with Gasteiger partial charge in [0.15, 0.2) is 0 Å². The molecule has 1 aliphatic heterocycles. The number of hydrogen-bond acceptors (Lipinski definition) is 4. The summed E-state index contributed by atoms with van der Waals surface area (Å²) < 4.78 is 5.61. The van der Waals surface area contributed by atoms with Crippen molar-refractivity contribution in [3.8, 4) is 5.75 Å². The third-order valence-corrected chi connectivity index (χ3v) is 6.13. The van der Waals surface area contributed by atoms with Crippen molar-refractivity contribution in [2.75, 3.05) is 46.4 Å². The van der Waals surface area contributed by atoms with E-state index in [1.807, 2.05) is 24.3 Å². The van der Waals surface area contributed by atoms with Crippen LogP contribution in [-0.2, 0) is 0 Å². The number of amides is 1. The second-order valence-electron chi connectivity index (χ2n) is 8.13. The van der Waals surface area contributed by atoms with Gasteiger partial charge in [0.1, 0.15) is 5.75 Å². The molecular formula is C22H35N3O2. The molecule has 1 aromatic rings. The molecule has 1 heterocycles. The highest BCUT2D eigenvalue weighted by Gasteiger charge is 2.39. The number of carbonyl (C=O) groups is 1. The number of likely N-dealkylation sites (N-methyl/N-ethyl adjacent to an activating group) is 1. The summed E-state index contributed by atoms with van der Waals surface area (Å²) in [4.78, 5) is 17.8. The van der Waals surface area contributed by atoms with Crippen LogP contribution in [0.3, 0.4) is 0 Å². The van der Waals surface area contributed by atoms with Crippen molar-refractivity contribution in [1.82, 2.24) is 15.1 Å². The molecule has 1 aliphatic carbocycles. The Hall–Kier alpha value is -1.59. The van der Waals surface area contributed by atoms with Gasteiger partial charge in [0.05, 0.1) is 6.61 Å². The van der Waals surface area contributed by atoms with Crippen molar-refractivity contribution in [3.63, 3.8) is 0 Å². The molecule has 0 aromatic heterocycles. The predicted molar refractivity (Wildman–Crippen MR) is 109 cm³/mol. The van der Waals surface area contributed by atoms with Gasteiger partial charge in [-0.1, -0.05) is 26.2 Å². The molecule has 0 unspecified atom stereocenters. The lowest BCUT2D eigenvalue weighted by Gasteiger charge is -2.49. The highest BCUT2D eigenvalue weighted by atomic mass is 16.5. The number of hydrogen-bond donors (Lipinski definition) is 1. The highest BCUT2D eigenvalue weighted by Crippen LogP contribution is 2.34. The molecule has 2 aliphatic rings. The molecule has 1 saturated heterocycles. The van der Waals surface area contributed by atoms with E-state index >= 15 is 0 Å². The van der Waals surface area contributed by atoms with Crippen molar-refractivity contribution < 1.29 is 9.53 Å². The fraction of sp³-hybridized carbons (Fsp3) is 0.682. The maximum absolute atomic E-state index is 12.7. The Kier molecular flexibility index (Phi) is 7.13. The molecule has 2 fully saturated rings. The minimum Gasteiger partial charge on any atom is -0.494 e. The lowest BCUT2D eigenvalue weighted by atomic mass is 9.79. The van der Waals surface area contributed by atoms with Crippen LogP contribution < -0.4 is 10.1 Å². The lowest BCUT2D eigenvalue weighted by Crippen LogP contribution is -2.61. The lowest BCUT2D eigenvalue weighted by molar-refractivity contribution is 0.0138. The number of ether oxygens (including phenoxy) is 1. The minimum absolute atomic E-state index is 0.0242. The molecule has 1 aromatic carbocycles. The van der Waals surface area contributed by atoms with Gasteiger partial charge in [0.25, 0.3) is 5.91 Å². The summed E-state index contributed by atoms with van der Waals surface area (Å²) in [6, 6.07) is 7.51. The van der Waals surface area contributed by atoms with E-state index < -0.39 is 0 Å². The van der Waals surface area contributed by atoms with Crippen molar-refractivity contribution in [1.29, 1.82) is 0 Å². The molecule has 0 spiro atoms. The molecule has 1 N–H and O–H groups in total. The Labute approximate surface area is 164 Å². The van der Waals surface area contributed by atoms with E-state index in [2.05, 4.69) is 29.1 Å². The van der Waals surface area contributed by atoms with Gasteiger partial charge in [-0.25, -0.2) is 0 Å². The van der Waals surface area contributed by atoms with Crippen molar-refractivity contribution >= 4 is 5.91 Å². The van der Waals surface area contributed by atoms with Gasteiger partial charge in [0, 0.05) is 43.8 Å². The van der Waals surface area contributed by atoms with Crippen LogP contribution in [0.1, 0.15) is 55.8 Å². The Bertz CT molecular complexity index is 588. The third kappa shape index (κ3) is 5.23. The quantitative estimate of drug-likeness (QED) is 0.797. The zero-order valence-corrected chi connectivity index (χ0v) is 17.0. The van der Waals surface area contributed by atoms with E-state index in [4.69, 9.17) is 4.74 Å². The number of nitrogens with one attached hydrogen (secondary N) is 1. The zero-order valence-electron chi connectivity index (χ0n) is 17.0. The average molecular weight is 374 g/mol. The van der Waals surface area contributed by atoms with Crippen molar-refractivity contribution in [3.05, 3.63) is 29.8 Å². The first-order chi connectivity index (χ1) is 13.1. The van der Waals surface area contributed by atoms with E-state index in [1.165, 1.54) is 32.1 Å². The molecule has 5 nitrogen and oxygen atoms in total. The fourth-order valence-corrected chi connectivity index (χ4v) is 4.36. The van der Waals surface area contributed by atoms with E-state index in [9.17, 15) is 4.79 Å². The average Bonchev–Trinajstić information content (AvgIpc) is 2.72. The summed E-state index contributed by atoms with van der Waals surface area (Å²) in [7, 11) is 2.19. The number of rotatable bonds is 7. The maximum atomic E-state index is 12.7. The van der Waals surface area contributed by atoms with Gasteiger partial charge in [-0.05, 0) is 50.6 Å². The first-order valence-corrected chi connectivity index (χ1v) is 10.6. The monoisotopic (exact) mass is 373 g/mol. The number of carbonyl (C=O) groups excluding carboxylic acids is 1. The topological polar surface area (TPSA) is 44.8 Å². The first kappa shape index (κ1) is 20.2. The summed E-state index contributed by atoms with van der Waals surface area (Å²) in [5.41, 5.74) is 0.850. The Morgan fingerprint density at radius 2 is 1.74 bits per heavy atom. The second kappa shape index (κ2) is 9.56. The van der Waals surface area contributed by atoms with Crippen molar-refractivity contribution in [2.45, 2.75) is 51.0 Å². The smallest absolute Gasteiger partial charge is 0.251 e. The van der Waals surface area contributed by atoms with Crippen LogP contribution in [0.2, 0.25) is 0 Å². The molecule has 5 heteroatoms. The summed E-state index contributed by atoms with van der Waals surface area (Å²) in [6.07, 6.45) is 7.23. The summed E-state index contributed by atoms with van der Waals surface area (Å²) in [6.45, 7) is 8.00. The van der Waals surface area contributed by atoms with Gasteiger partial charge in [0.2, 0.25) is 0 Å². The van der Waals surface area contributed by atoms with Crippen molar-refractivity contribution in [2.24, 2.45) is 0 Å². The molecule has 3 rings (SSSR count). The predicted octanol–water partition coefficient (Wildman–Crippen LogP) is 3.16. The van der Waals surface area contributed by atoms with Crippen LogP contribution >= 0.6 is 0 Å². The third-order valence-electron chi connectivity index (χ3n) is 6.13.